The Morgan fingerprint density at radius 2 is 1.96 bits per heavy atom. The topological polar surface area (TPSA) is 71.3 Å². The van der Waals surface area contributed by atoms with Gasteiger partial charge in [-0.2, -0.15) is 4.31 Å². The molecule has 130 valence electrons. The number of hydrogen-bond acceptors (Lipinski definition) is 5. The zero-order chi connectivity index (χ0) is 17.3. The van der Waals surface area contributed by atoms with Crippen LogP contribution in [0.3, 0.4) is 0 Å². The maximum Gasteiger partial charge on any atom is 0.216 e. The van der Waals surface area contributed by atoms with E-state index in [4.69, 9.17) is 0 Å². The van der Waals surface area contributed by atoms with Gasteiger partial charge in [-0.3, -0.25) is 0 Å². The molecule has 7 nitrogen and oxygen atoms in total. The van der Waals surface area contributed by atoms with Crippen molar-refractivity contribution in [1.29, 1.82) is 0 Å². The molecular formula is C15H20FN5O2S. The lowest BCUT2D eigenvalue weighted by atomic mass is 10.2. The van der Waals surface area contributed by atoms with Crippen LogP contribution in [0.25, 0.3) is 0 Å². The van der Waals surface area contributed by atoms with Gasteiger partial charge in [0.1, 0.15) is 5.82 Å². The van der Waals surface area contributed by atoms with Gasteiger partial charge in [-0.05, 0) is 31.8 Å². The molecule has 9 heteroatoms. The molecule has 1 aliphatic rings. The quantitative estimate of drug-likeness (QED) is 0.785. The lowest BCUT2D eigenvalue weighted by molar-refractivity contribution is 0.284. The lowest BCUT2D eigenvalue weighted by Gasteiger charge is -2.17. The van der Waals surface area contributed by atoms with Crippen molar-refractivity contribution < 1.29 is 12.8 Å². The zero-order valence-corrected chi connectivity index (χ0v) is 14.4. The maximum absolute atomic E-state index is 12.9. The number of rotatable bonds is 5. The first-order valence-corrected chi connectivity index (χ1v) is 9.22. The summed E-state index contributed by atoms with van der Waals surface area (Å²) in [6.07, 6.45) is 1.72. The molecule has 0 aliphatic carbocycles. The molecule has 1 aromatic heterocycles. The van der Waals surface area contributed by atoms with Crippen molar-refractivity contribution in [3.05, 3.63) is 47.5 Å². The third kappa shape index (κ3) is 3.80. The standard InChI is InChI=1S/C15H20FN5O2S/c1-19(2)15-10-21(24(22,23)11-15)9-14-8-20(18-17-14)7-12-3-5-13(16)6-4-12/h3-6,8,15H,7,9-11H2,1-2H3. The summed E-state index contributed by atoms with van der Waals surface area (Å²) in [5.74, 6) is -0.156. The summed E-state index contributed by atoms with van der Waals surface area (Å²) < 4.78 is 40.4. The van der Waals surface area contributed by atoms with Crippen LogP contribution in [0.5, 0.6) is 0 Å². The van der Waals surface area contributed by atoms with Crippen molar-refractivity contribution in [1.82, 2.24) is 24.2 Å². The van der Waals surface area contributed by atoms with Gasteiger partial charge in [-0.25, -0.2) is 17.5 Å². The van der Waals surface area contributed by atoms with Crippen molar-refractivity contribution in [2.75, 3.05) is 26.4 Å². The van der Waals surface area contributed by atoms with E-state index in [1.807, 2.05) is 19.0 Å². The normalized spacial score (nSPS) is 20.8. The number of sulfonamides is 1. The van der Waals surface area contributed by atoms with Gasteiger partial charge in [-0.15, -0.1) is 5.10 Å². The van der Waals surface area contributed by atoms with Crippen LogP contribution < -0.4 is 0 Å². The van der Waals surface area contributed by atoms with E-state index in [-0.39, 0.29) is 24.2 Å². The fourth-order valence-corrected chi connectivity index (χ4v) is 4.50. The van der Waals surface area contributed by atoms with E-state index in [2.05, 4.69) is 10.3 Å². The molecule has 1 aliphatic heterocycles. The van der Waals surface area contributed by atoms with E-state index in [1.165, 1.54) is 16.4 Å². The third-order valence-electron chi connectivity index (χ3n) is 4.12. The second kappa shape index (κ2) is 6.58. The number of hydrogen-bond donors (Lipinski definition) is 0. The first-order valence-electron chi connectivity index (χ1n) is 7.61. The van der Waals surface area contributed by atoms with Crippen LogP contribution >= 0.6 is 0 Å². The Hall–Kier alpha value is -1.84. The molecule has 1 fully saturated rings. The van der Waals surface area contributed by atoms with E-state index >= 15 is 0 Å². The Morgan fingerprint density at radius 1 is 1.25 bits per heavy atom. The van der Waals surface area contributed by atoms with Gasteiger partial charge in [-0.1, -0.05) is 17.3 Å². The molecule has 2 heterocycles. The van der Waals surface area contributed by atoms with Crippen LogP contribution in [-0.2, 0) is 23.1 Å². The smallest absolute Gasteiger partial charge is 0.216 e. The first-order chi connectivity index (χ1) is 11.3. The summed E-state index contributed by atoms with van der Waals surface area (Å²) in [4.78, 5) is 1.92. The fraction of sp³-hybridized carbons (Fsp3) is 0.467. The Morgan fingerprint density at radius 3 is 2.58 bits per heavy atom. The van der Waals surface area contributed by atoms with Crippen molar-refractivity contribution in [2.45, 2.75) is 19.1 Å². The van der Waals surface area contributed by atoms with Gasteiger partial charge in [0, 0.05) is 12.6 Å². The van der Waals surface area contributed by atoms with Gasteiger partial charge in [0.05, 0.1) is 30.7 Å². The third-order valence-corrected chi connectivity index (χ3v) is 5.99. The summed E-state index contributed by atoms with van der Waals surface area (Å²) in [6.45, 7) is 1.14. The highest BCUT2D eigenvalue weighted by Gasteiger charge is 2.37. The van der Waals surface area contributed by atoms with Crippen LogP contribution in [-0.4, -0.2) is 65.1 Å². The van der Waals surface area contributed by atoms with Gasteiger partial charge in [0.25, 0.3) is 0 Å². The lowest BCUT2D eigenvalue weighted by Crippen LogP contribution is -2.32. The zero-order valence-electron chi connectivity index (χ0n) is 13.6. The van der Waals surface area contributed by atoms with Gasteiger partial charge >= 0.3 is 0 Å². The summed E-state index contributed by atoms with van der Waals surface area (Å²) in [5.41, 5.74) is 1.49. The molecule has 0 spiro atoms. The summed E-state index contributed by atoms with van der Waals surface area (Å²) >= 11 is 0. The second-order valence-electron chi connectivity index (χ2n) is 6.22. The first kappa shape index (κ1) is 17.0. The molecule has 1 aromatic carbocycles. The maximum atomic E-state index is 12.9. The average molecular weight is 353 g/mol. The SMILES string of the molecule is CN(C)C1CN(Cc2cn(Cc3ccc(F)cc3)nn2)S(=O)(=O)C1. The Bertz CT molecular complexity index is 804. The van der Waals surface area contributed by atoms with E-state index in [0.717, 1.165) is 5.56 Å². The minimum absolute atomic E-state index is 0.00994. The van der Waals surface area contributed by atoms with Crippen molar-refractivity contribution in [3.8, 4) is 0 Å². The molecule has 2 aromatic rings. The van der Waals surface area contributed by atoms with Crippen molar-refractivity contribution in [2.24, 2.45) is 0 Å². The Labute approximate surface area is 140 Å². The minimum atomic E-state index is -3.26. The molecule has 0 amide bonds. The van der Waals surface area contributed by atoms with Crippen molar-refractivity contribution in [3.63, 3.8) is 0 Å². The van der Waals surface area contributed by atoms with Gasteiger partial charge in [0.2, 0.25) is 10.0 Å². The molecule has 0 radical (unpaired) electrons. The number of aromatic nitrogens is 3. The summed E-state index contributed by atoms with van der Waals surface area (Å²) in [5, 5.41) is 8.07. The molecule has 3 rings (SSSR count). The van der Waals surface area contributed by atoms with Crippen LogP contribution in [0.2, 0.25) is 0 Å². The molecule has 0 saturated carbocycles. The molecular weight excluding hydrogens is 333 g/mol. The summed E-state index contributed by atoms with van der Waals surface area (Å²) in [7, 11) is 0.494. The van der Waals surface area contributed by atoms with E-state index in [9.17, 15) is 12.8 Å². The molecule has 1 unspecified atom stereocenters. The molecule has 0 bridgehead atoms. The highest BCUT2D eigenvalue weighted by molar-refractivity contribution is 7.89. The minimum Gasteiger partial charge on any atom is -0.304 e. The summed E-state index contributed by atoms with van der Waals surface area (Å²) in [6, 6.07) is 6.15. The number of likely N-dealkylation sites (N-methyl/N-ethyl adjacent to an activating group) is 1. The largest absolute Gasteiger partial charge is 0.304 e. The van der Waals surface area contributed by atoms with Gasteiger partial charge in [0.15, 0.2) is 0 Å². The predicted octanol–water partition coefficient (Wildman–Crippen LogP) is 0.541. The molecule has 1 saturated heterocycles. The Kier molecular flexibility index (Phi) is 4.66. The van der Waals surface area contributed by atoms with Crippen LogP contribution in [0.15, 0.2) is 30.5 Å². The van der Waals surface area contributed by atoms with Crippen LogP contribution in [0.1, 0.15) is 11.3 Å². The van der Waals surface area contributed by atoms with E-state index < -0.39 is 10.0 Å². The van der Waals surface area contributed by atoms with Gasteiger partial charge < -0.3 is 4.90 Å². The monoisotopic (exact) mass is 353 g/mol. The second-order valence-corrected chi connectivity index (χ2v) is 8.24. The number of halogens is 1. The van der Waals surface area contributed by atoms with Crippen LogP contribution in [0.4, 0.5) is 4.39 Å². The fourth-order valence-electron chi connectivity index (χ4n) is 2.67. The number of benzene rings is 1. The van der Waals surface area contributed by atoms with Crippen LogP contribution in [0, 0.1) is 5.82 Å². The van der Waals surface area contributed by atoms with E-state index in [1.54, 1.807) is 23.0 Å². The van der Waals surface area contributed by atoms with Crippen molar-refractivity contribution >= 4 is 10.0 Å². The number of nitrogens with zero attached hydrogens (tertiary/aromatic N) is 5. The molecule has 0 N–H and O–H groups in total. The van der Waals surface area contributed by atoms with E-state index in [0.29, 0.717) is 18.8 Å². The Balaban J connectivity index is 1.67. The molecule has 1 atom stereocenters. The molecule has 24 heavy (non-hydrogen) atoms. The predicted molar refractivity (Wildman–Crippen MR) is 87.2 cm³/mol. The average Bonchev–Trinajstić information content (AvgIpc) is 3.07. The highest BCUT2D eigenvalue weighted by atomic mass is 32.2. The highest BCUT2D eigenvalue weighted by Crippen LogP contribution is 2.19.